The van der Waals surface area contributed by atoms with Crippen LogP contribution >= 0.6 is 0 Å². The Labute approximate surface area is 128 Å². The van der Waals surface area contributed by atoms with Gasteiger partial charge in [0.05, 0.1) is 13.2 Å². The van der Waals surface area contributed by atoms with Crippen molar-refractivity contribution in [3.8, 4) is 17.2 Å². The van der Waals surface area contributed by atoms with Crippen molar-refractivity contribution >= 4 is 6.01 Å². The molecule has 0 aliphatic rings. The van der Waals surface area contributed by atoms with Gasteiger partial charge in [-0.1, -0.05) is 5.10 Å². The molecule has 2 aromatic heterocycles. The van der Waals surface area contributed by atoms with Crippen LogP contribution in [0.3, 0.4) is 0 Å². The molecule has 0 aliphatic carbocycles. The summed E-state index contributed by atoms with van der Waals surface area (Å²) < 4.78 is 13.1. The summed E-state index contributed by atoms with van der Waals surface area (Å²) in [6, 6.07) is 12.0. The second kappa shape index (κ2) is 6.34. The van der Waals surface area contributed by atoms with Crippen LogP contribution in [-0.4, -0.2) is 21.4 Å². The third kappa shape index (κ3) is 3.11. The summed E-state index contributed by atoms with van der Waals surface area (Å²) in [5.74, 6) is 1.31. The van der Waals surface area contributed by atoms with Crippen LogP contribution in [0, 0.1) is 0 Å². The van der Waals surface area contributed by atoms with E-state index in [1.807, 2.05) is 61.1 Å². The lowest BCUT2D eigenvalue weighted by molar-refractivity contribution is 0.340. The van der Waals surface area contributed by atoms with Gasteiger partial charge in [-0.15, -0.1) is 5.10 Å². The summed E-state index contributed by atoms with van der Waals surface area (Å²) in [4.78, 5) is 0. The van der Waals surface area contributed by atoms with E-state index in [0.29, 0.717) is 25.1 Å². The van der Waals surface area contributed by atoms with E-state index in [4.69, 9.17) is 9.15 Å². The van der Waals surface area contributed by atoms with E-state index in [1.54, 1.807) is 0 Å². The molecule has 2 heterocycles. The molecule has 0 spiro atoms. The average molecular weight is 298 g/mol. The van der Waals surface area contributed by atoms with E-state index >= 15 is 0 Å². The fraction of sp³-hybridized carbons (Fsp3) is 0.250. The number of nitrogens with one attached hydrogen (secondary N) is 1. The van der Waals surface area contributed by atoms with Crippen LogP contribution in [0.1, 0.15) is 12.6 Å². The van der Waals surface area contributed by atoms with Gasteiger partial charge in [0.15, 0.2) is 0 Å². The van der Waals surface area contributed by atoms with Gasteiger partial charge in [-0.2, -0.15) is 0 Å². The maximum atomic E-state index is 5.62. The molecule has 0 radical (unpaired) electrons. The van der Waals surface area contributed by atoms with Gasteiger partial charge in [0.2, 0.25) is 5.89 Å². The van der Waals surface area contributed by atoms with Crippen LogP contribution in [0.5, 0.6) is 5.75 Å². The predicted molar refractivity (Wildman–Crippen MR) is 83.6 cm³/mol. The van der Waals surface area contributed by atoms with E-state index in [-0.39, 0.29) is 0 Å². The number of hydrogen-bond acceptors (Lipinski definition) is 5. The van der Waals surface area contributed by atoms with Gasteiger partial charge in [-0.05, 0) is 43.3 Å². The first kappa shape index (κ1) is 14.2. The highest BCUT2D eigenvalue weighted by molar-refractivity contribution is 5.54. The maximum absolute atomic E-state index is 5.62. The van der Waals surface area contributed by atoms with Crippen molar-refractivity contribution in [3.63, 3.8) is 0 Å². The molecule has 0 bridgehead atoms. The third-order valence-corrected chi connectivity index (χ3v) is 3.31. The predicted octanol–water partition coefficient (Wildman–Crippen LogP) is 3.09. The van der Waals surface area contributed by atoms with Crippen molar-refractivity contribution in [2.45, 2.75) is 13.5 Å². The smallest absolute Gasteiger partial charge is 0.316 e. The molecule has 1 N–H and O–H groups in total. The lowest BCUT2D eigenvalue weighted by Gasteiger charge is -2.03. The van der Waals surface area contributed by atoms with E-state index in [0.717, 1.165) is 17.0 Å². The number of rotatable bonds is 6. The standard InChI is InChI=1S/C16H18N4O2/c1-3-21-14-8-6-12(7-9-14)15-18-19-16(22-15)17-11-13-5-4-10-20(13)2/h4-10H,3,11H2,1-2H3,(H,17,19). The molecule has 3 rings (SSSR count). The molecule has 0 amide bonds. The van der Waals surface area contributed by atoms with Gasteiger partial charge in [0.25, 0.3) is 0 Å². The van der Waals surface area contributed by atoms with Gasteiger partial charge in [-0.3, -0.25) is 0 Å². The Balaban J connectivity index is 1.66. The summed E-state index contributed by atoms with van der Waals surface area (Å²) in [5.41, 5.74) is 2.00. The Hall–Kier alpha value is -2.76. The van der Waals surface area contributed by atoms with Crippen molar-refractivity contribution in [1.29, 1.82) is 0 Å². The lowest BCUT2D eigenvalue weighted by Crippen LogP contribution is -2.03. The summed E-state index contributed by atoms with van der Waals surface area (Å²) in [7, 11) is 2.00. The molecular formula is C16H18N4O2. The monoisotopic (exact) mass is 298 g/mol. The van der Waals surface area contributed by atoms with Gasteiger partial charge >= 0.3 is 6.01 Å². The van der Waals surface area contributed by atoms with Crippen LogP contribution in [0.15, 0.2) is 47.0 Å². The summed E-state index contributed by atoms with van der Waals surface area (Å²) in [5, 5.41) is 11.2. The third-order valence-electron chi connectivity index (χ3n) is 3.31. The SMILES string of the molecule is CCOc1ccc(-c2nnc(NCc3cccn3C)o2)cc1. The van der Waals surface area contributed by atoms with Crippen molar-refractivity contribution in [1.82, 2.24) is 14.8 Å². The molecule has 3 aromatic rings. The first-order valence-electron chi connectivity index (χ1n) is 7.17. The fourth-order valence-corrected chi connectivity index (χ4v) is 2.12. The largest absolute Gasteiger partial charge is 0.494 e. The zero-order chi connectivity index (χ0) is 15.4. The molecule has 0 unspecified atom stereocenters. The second-order valence-corrected chi connectivity index (χ2v) is 4.83. The molecule has 6 nitrogen and oxygen atoms in total. The van der Waals surface area contributed by atoms with Crippen molar-refractivity contribution in [2.24, 2.45) is 7.05 Å². The highest BCUT2D eigenvalue weighted by Gasteiger charge is 2.09. The molecule has 0 fully saturated rings. The highest BCUT2D eigenvalue weighted by Crippen LogP contribution is 2.22. The van der Waals surface area contributed by atoms with E-state index in [9.17, 15) is 0 Å². The van der Waals surface area contributed by atoms with Crippen LogP contribution in [-0.2, 0) is 13.6 Å². The molecule has 114 valence electrons. The number of nitrogens with zero attached hydrogens (tertiary/aromatic N) is 3. The average Bonchev–Trinajstić information content (AvgIpc) is 3.15. The molecular weight excluding hydrogens is 280 g/mol. The molecule has 6 heteroatoms. The Bertz CT molecular complexity index is 731. The molecule has 1 aromatic carbocycles. The number of anilines is 1. The molecule has 0 saturated carbocycles. The first-order chi connectivity index (χ1) is 10.8. The first-order valence-corrected chi connectivity index (χ1v) is 7.17. The van der Waals surface area contributed by atoms with Gasteiger partial charge < -0.3 is 19.0 Å². The summed E-state index contributed by atoms with van der Waals surface area (Å²) in [6.07, 6.45) is 2.00. The Morgan fingerprint density at radius 2 is 2.00 bits per heavy atom. The Kier molecular flexibility index (Phi) is 4.09. The number of ether oxygens (including phenoxy) is 1. The van der Waals surface area contributed by atoms with Crippen LogP contribution in [0.4, 0.5) is 6.01 Å². The number of benzene rings is 1. The topological polar surface area (TPSA) is 65.1 Å². The van der Waals surface area contributed by atoms with Gasteiger partial charge in [0.1, 0.15) is 5.75 Å². The number of aromatic nitrogens is 3. The maximum Gasteiger partial charge on any atom is 0.316 e. The molecule has 22 heavy (non-hydrogen) atoms. The lowest BCUT2D eigenvalue weighted by atomic mass is 10.2. The number of aryl methyl sites for hydroxylation is 1. The zero-order valence-electron chi connectivity index (χ0n) is 12.6. The minimum absolute atomic E-state index is 0.407. The van der Waals surface area contributed by atoms with Crippen molar-refractivity contribution < 1.29 is 9.15 Å². The highest BCUT2D eigenvalue weighted by atomic mass is 16.5. The van der Waals surface area contributed by atoms with E-state index in [2.05, 4.69) is 15.5 Å². The molecule has 0 aliphatic heterocycles. The summed E-state index contributed by atoms with van der Waals surface area (Å²) >= 11 is 0. The normalized spacial score (nSPS) is 10.6. The minimum Gasteiger partial charge on any atom is -0.494 e. The van der Waals surface area contributed by atoms with Crippen molar-refractivity contribution in [2.75, 3.05) is 11.9 Å². The minimum atomic E-state index is 0.407. The van der Waals surface area contributed by atoms with Crippen LogP contribution in [0.2, 0.25) is 0 Å². The second-order valence-electron chi connectivity index (χ2n) is 4.83. The molecule has 0 atom stereocenters. The Morgan fingerprint density at radius 3 is 2.68 bits per heavy atom. The van der Waals surface area contributed by atoms with Gasteiger partial charge in [-0.25, -0.2) is 0 Å². The van der Waals surface area contributed by atoms with E-state index < -0.39 is 0 Å². The van der Waals surface area contributed by atoms with Crippen LogP contribution in [0.25, 0.3) is 11.5 Å². The number of hydrogen-bond donors (Lipinski definition) is 1. The van der Waals surface area contributed by atoms with Crippen molar-refractivity contribution in [3.05, 3.63) is 48.3 Å². The van der Waals surface area contributed by atoms with Gasteiger partial charge in [0, 0.05) is 24.5 Å². The van der Waals surface area contributed by atoms with E-state index in [1.165, 1.54) is 0 Å². The van der Waals surface area contributed by atoms with Crippen LogP contribution < -0.4 is 10.1 Å². The quantitative estimate of drug-likeness (QED) is 0.757. The Morgan fingerprint density at radius 1 is 1.18 bits per heavy atom. The summed E-state index contributed by atoms with van der Waals surface area (Å²) in [6.45, 7) is 3.23. The fourth-order valence-electron chi connectivity index (χ4n) is 2.12. The zero-order valence-corrected chi connectivity index (χ0v) is 12.6. The molecule has 0 saturated heterocycles.